The Labute approximate surface area is 97.4 Å². The molecule has 15 heavy (non-hydrogen) atoms. The SMILES string of the molecule is Nc1ccnn1Cc1ccc(Cl)cc1Cl. The summed E-state index contributed by atoms with van der Waals surface area (Å²) in [6.07, 6.45) is 1.65. The Hall–Kier alpha value is -1.19. The summed E-state index contributed by atoms with van der Waals surface area (Å²) in [5, 5.41) is 5.32. The van der Waals surface area contributed by atoms with Crippen LogP contribution >= 0.6 is 23.2 Å². The van der Waals surface area contributed by atoms with Crippen LogP contribution in [0.4, 0.5) is 5.82 Å². The molecule has 0 bridgehead atoms. The van der Waals surface area contributed by atoms with Crippen LogP contribution in [0, 0.1) is 0 Å². The van der Waals surface area contributed by atoms with Gasteiger partial charge in [-0.3, -0.25) is 0 Å². The molecule has 0 amide bonds. The van der Waals surface area contributed by atoms with E-state index >= 15 is 0 Å². The highest BCUT2D eigenvalue weighted by Crippen LogP contribution is 2.22. The first kappa shape index (κ1) is 10.3. The van der Waals surface area contributed by atoms with Crippen LogP contribution in [0.5, 0.6) is 0 Å². The lowest BCUT2D eigenvalue weighted by molar-refractivity contribution is 0.697. The standard InChI is InChI=1S/C10H9Cl2N3/c11-8-2-1-7(9(12)5-8)6-15-10(13)3-4-14-15/h1-5H,6,13H2. The third kappa shape index (κ3) is 2.25. The zero-order chi connectivity index (χ0) is 10.8. The molecule has 0 atom stereocenters. The fraction of sp³-hybridized carbons (Fsp3) is 0.100. The molecule has 3 nitrogen and oxygen atoms in total. The van der Waals surface area contributed by atoms with Gasteiger partial charge in [-0.05, 0) is 23.8 Å². The number of rotatable bonds is 2. The van der Waals surface area contributed by atoms with Gasteiger partial charge in [0.2, 0.25) is 0 Å². The van der Waals surface area contributed by atoms with Crippen molar-refractivity contribution in [3.63, 3.8) is 0 Å². The number of hydrogen-bond donors (Lipinski definition) is 1. The van der Waals surface area contributed by atoms with E-state index in [9.17, 15) is 0 Å². The first-order chi connectivity index (χ1) is 7.16. The maximum atomic E-state index is 6.03. The van der Waals surface area contributed by atoms with Crippen molar-refractivity contribution in [1.29, 1.82) is 0 Å². The molecule has 0 aliphatic heterocycles. The van der Waals surface area contributed by atoms with Gasteiger partial charge in [0.1, 0.15) is 5.82 Å². The summed E-state index contributed by atoms with van der Waals surface area (Å²) >= 11 is 11.8. The van der Waals surface area contributed by atoms with Crippen molar-refractivity contribution in [3.8, 4) is 0 Å². The van der Waals surface area contributed by atoms with Crippen molar-refractivity contribution < 1.29 is 0 Å². The van der Waals surface area contributed by atoms with E-state index in [-0.39, 0.29) is 0 Å². The van der Waals surface area contributed by atoms with Gasteiger partial charge >= 0.3 is 0 Å². The minimum Gasteiger partial charge on any atom is -0.384 e. The number of halogens is 2. The molecule has 0 aliphatic carbocycles. The van der Waals surface area contributed by atoms with E-state index in [1.54, 1.807) is 29.1 Å². The predicted octanol–water partition coefficient (Wildman–Crippen LogP) is 2.82. The van der Waals surface area contributed by atoms with Gasteiger partial charge in [-0.2, -0.15) is 5.10 Å². The summed E-state index contributed by atoms with van der Waals surface area (Å²) in [6, 6.07) is 7.11. The van der Waals surface area contributed by atoms with Crippen molar-refractivity contribution in [2.24, 2.45) is 0 Å². The van der Waals surface area contributed by atoms with Crippen molar-refractivity contribution >= 4 is 29.0 Å². The van der Waals surface area contributed by atoms with E-state index in [0.717, 1.165) is 5.56 Å². The molecule has 0 radical (unpaired) electrons. The zero-order valence-corrected chi connectivity index (χ0v) is 9.33. The molecular weight excluding hydrogens is 233 g/mol. The number of anilines is 1. The van der Waals surface area contributed by atoms with Crippen molar-refractivity contribution in [3.05, 3.63) is 46.1 Å². The minimum absolute atomic E-state index is 0.550. The summed E-state index contributed by atoms with van der Waals surface area (Å²) in [5.41, 5.74) is 6.64. The molecule has 78 valence electrons. The van der Waals surface area contributed by atoms with Gasteiger partial charge in [-0.25, -0.2) is 4.68 Å². The van der Waals surface area contributed by atoms with Crippen LogP contribution in [0.25, 0.3) is 0 Å². The van der Waals surface area contributed by atoms with Crippen LogP contribution in [0.15, 0.2) is 30.5 Å². The molecule has 0 aliphatic rings. The summed E-state index contributed by atoms with van der Waals surface area (Å²) in [4.78, 5) is 0. The van der Waals surface area contributed by atoms with E-state index in [2.05, 4.69) is 5.10 Å². The lowest BCUT2D eigenvalue weighted by atomic mass is 10.2. The average Bonchev–Trinajstić information content (AvgIpc) is 2.57. The fourth-order valence-corrected chi connectivity index (χ4v) is 1.75. The summed E-state index contributed by atoms with van der Waals surface area (Å²) in [6.45, 7) is 0.550. The Morgan fingerprint density at radius 1 is 1.27 bits per heavy atom. The van der Waals surface area contributed by atoms with Gasteiger partial charge in [0.15, 0.2) is 0 Å². The molecule has 1 heterocycles. The molecule has 0 unspecified atom stereocenters. The van der Waals surface area contributed by atoms with E-state index < -0.39 is 0 Å². The van der Waals surface area contributed by atoms with Crippen molar-refractivity contribution in [2.75, 3.05) is 5.73 Å². The molecular formula is C10H9Cl2N3. The van der Waals surface area contributed by atoms with Gasteiger partial charge < -0.3 is 5.73 Å². The maximum Gasteiger partial charge on any atom is 0.122 e. The highest BCUT2D eigenvalue weighted by atomic mass is 35.5. The molecule has 2 N–H and O–H groups in total. The van der Waals surface area contributed by atoms with Crippen LogP contribution < -0.4 is 5.73 Å². The van der Waals surface area contributed by atoms with Crippen LogP contribution in [0.1, 0.15) is 5.56 Å². The number of nitrogen functional groups attached to an aromatic ring is 1. The van der Waals surface area contributed by atoms with E-state index in [1.807, 2.05) is 6.07 Å². The second-order valence-corrected chi connectivity index (χ2v) is 3.99. The fourth-order valence-electron chi connectivity index (χ4n) is 1.29. The Balaban J connectivity index is 2.29. The molecule has 0 saturated heterocycles. The molecule has 0 saturated carbocycles. The quantitative estimate of drug-likeness (QED) is 0.879. The Morgan fingerprint density at radius 2 is 2.07 bits per heavy atom. The van der Waals surface area contributed by atoms with Crippen LogP contribution in [0.2, 0.25) is 10.0 Å². The monoisotopic (exact) mass is 241 g/mol. The summed E-state index contributed by atoms with van der Waals surface area (Å²) < 4.78 is 1.68. The Kier molecular flexibility index (Phi) is 2.84. The number of nitrogens with two attached hydrogens (primary N) is 1. The Morgan fingerprint density at radius 3 is 2.67 bits per heavy atom. The van der Waals surface area contributed by atoms with Crippen molar-refractivity contribution in [1.82, 2.24) is 9.78 Å². The second-order valence-electron chi connectivity index (χ2n) is 3.15. The summed E-state index contributed by atoms with van der Waals surface area (Å²) in [5.74, 6) is 0.612. The average molecular weight is 242 g/mol. The van der Waals surface area contributed by atoms with Gasteiger partial charge in [-0.15, -0.1) is 0 Å². The van der Waals surface area contributed by atoms with E-state index in [4.69, 9.17) is 28.9 Å². The lowest BCUT2D eigenvalue weighted by Gasteiger charge is -2.06. The van der Waals surface area contributed by atoms with E-state index in [0.29, 0.717) is 22.4 Å². The van der Waals surface area contributed by atoms with Crippen LogP contribution in [-0.2, 0) is 6.54 Å². The molecule has 0 spiro atoms. The van der Waals surface area contributed by atoms with Crippen LogP contribution in [0.3, 0.4) is 0 Å². The number of benzene rings is 1. The molecule has 2 rings (SSSR count). The van der Waals surface area contributed by atoms with Crippen LogP contribution in [-0.4, -0.2) is 9.78 Å². The maximum absolute atomic E-state index is 6.03. The zero-order valence-electron chi connectivity index (χ0n) is 7.82. The lowest BCUT2D eigenvalue weighted by Crippen LogP contribution is -2.05. The molecule has 1 aromatic carbocycles. The largest absolute Gasteiger partial charge is 0.384 e. The van der Waals surface area contributed by atoms with Crippen molar-refractivity contribution in [2.45, 2.75) is 6.54 Å². The second kappa shape index (κ2) is 4.13. The molecule has 5 heteroatoms. The van der Waals surface area contributed by atoms with Gasteiger partial charge in [0, 0.05) is 10.0 Å². The predicted molar refractivity (Wildman–Crippen MR) is 62.2 cm³/mol. The number of nitrogens with zero attached hydrogens (tertiary/aromatic N) is 2. The Bertz CT molecular complexity index is 479. The molecule has 2 aromatic rings. The third-order valence-electron chi connectivity index (χ3n) is 2.08. The van der Waals surface area contributed by atoms with Gasteiger partial charge in [-0.1, -0.05) is 29.3 Å². The van der Waals surface area contributed by atoms with Gasteiger partial charge in [0.25, 0.3) is 0 Å². The highest BCUT2D eigenvalue weighted by molar-refractivity contribution is 6.35. The number of aromatic nitrogens is 2. The first-order valence-electron chi connectivity index (χ1n) is 4.38. The van der Waals surface area contributed by atoms with Gasteiger partial charge in [0.05, 0.1) is 12.7 Å². The third-order valence-corrected chi connectivity index (χ3v) is 2.67. The molecule has 1 aromatic heterocycles. The topological polar surface area (TPSA) is 43.8 Å². The van der Waals surface area contributed by atoms with E-state index in [1.165, 1.54) is 0 Å². The minimum atomic E-state index is 0.550. The normalized spacial score (nSPS) is 10.5. The highest BCUT2D eigenvalue weighted by Gasteiger charge is 2.04. The summed E-state index contributed by atoms with van der Waals surface area (Å²) in [7, 11) is 0. The first-order valence-corrected chi connectivity index (χ1v) is 5.13. The number of hydrogen-bond acceptors (Lipinski definition) is 2. The smallest absolute Gasteiger partial charge is 0.122 e. The molecule has 0 fully saturated rings.